The van der Waals surface area contributed by atoms with Crippen LogP contribution in [0.5, 0.6) is 0 Å². The Morgan fingerprint density at radius 3 is 2.50 bits per heavy atom. The number of allylic oxidation sites excluding steroid dienone is 8. The molecule has 4 aromatic carbocycles. The molecule has 8 rings (SSSR count). The highest BCUT2D eigenvalue weighted by Gasteiger charge is 2.40. The monoisotopic (exact) mass is 506 g/mol. The highest BCUT2D eigenvalue weighted by Crippen LogP contribution is 2.56. The second kappa shape index (κ2) is 8.41. The van der Waals surface area contributed by atoms with Gasteiger partial charge in [0.2, 0.25) is 0 Å². The topological polar surface area (TPSA) is 6.48 Å². The Balaban J connectivity index is 1.29. The summed E-state index contributed by atoms with van der Waals surface area (Å²) in [7, 11) is 2.23. The number of fused-ring (bicyclic) bond motifs is 7. The van der Waals surface area contributed by atoms with Gasteiger partial charge in [0, 0.05) is 45.6 Å². The zero-order chi connectivity index (χ0) is 25.2. The minimum atomic E-state index is 0.358. The Morgan fingerprint density at radius 2 is 1.58 bits per heavy atom. The predicted octanol–water partition coefficient (Wildman–Crippen LogP) is 9.39. The number of rotatable bonds is 2. The minimum Gasteiger partial charge on any atom is -0.347 e. The van der Waals surface area contributed by atoms with Crippen LogP contribution in [0.1, 0.15) is 11.5 Å². The van der Waals surface area contributed by atoms with Gasteiger partial charge < -0.3 is 9.80 Å². The van der Waals surface area contributed by atoms with E-state index in [0.717, 1.165) is 0 Å². The van der Waals surface area contributed by atoms with Gasteiger partial charge in [0.15, 0.2) is 0 Å². The summed E-state index contributed by atoms with van der Waals surface area (Å²) >= 11 is 1.86. The number of hydrogen-bond acceptors (Lipinski definition) is 3. The molecule has 0 amide bonds. The summed E-state index contributed by atoms with van der Waals surface area (Å²) in [6.45, 7) is 0. The van der Waals surface area contributed by atoms with Crippen molar-refractivity contribution in [3.8, 4) is 11.1 Å². The predicted molar refractivity (Wildman–Crippen MR) is 160 cm³/mol. The van der Waals surface area contributed by atoms with E-state index in [2.05, 4.69) is 144 Å². The van der Waals surface area contributed by atoms with E-state index in [4.69, 9.17) is 0 Å². The van der Waals surface area contributed by atoms with E-state index in [1.54, 1.807) is 0 Å². The van der Waals surface area contributed by atoms with Crippen molar-refractivity contribution < 1.29 is 0 Å². The molecule has 182 valence electrons. The third-order valence-electron chi connectivity index (χ3n) is 8.20. The molecule has 0 fully saturated rings. The Morgan fingerprint density at radius 1 is 0.737 bits per heavy atom. The Labute approximate surface area is 227 Å². The Kier molecular flexibility index (Phi) is 4.83. The van der Waals surface area contributed by atoms with Crippen molar-refractivity contribution in [2.45, 2.75) is 15.7 Å². The molecule has 2 atom stereocenters. The van der Waals surface area contributed by atoms with Crippen molar-refractivity contribution >= 4 is 34.5 Å². The lowest BCUT2D eigenvalue weighted by Gasteiger charge is -2.33. The van der Waals surface area contributed by atoms with Gasteiger partial charge in [0.05, 0.1) is 17.1 Å². The fraction of sp³-hybridized carbons (Fsp3) is 0.0857. The van der Waals surface area contributed by atoms with Crippen LogP contribution in [0.15, 0.2) is 149 Å². The average Bonchev–Trinajstić information content (AvgIpc) is 3.28. The smallest absolute Gasteiger partial charge is 0.0607 e. The van der Waals surface area contributed by atoms with E-state index in [1.165, 1.54) is 60.5 Å². The van der Waals surface area contributed by atoms with Gasteiger partial charge in [-0.2, -0.15) is 0 Å². The van der Waals surface area contributed by atoms with Gasteiger partial charge >= 0.3 is 0 Å². The first kappa shape index (κ1) is 21.8. The summed E-state index contributed by atoms with van der Waals surface area (Å²) in [5, 5.41) is 0. The van der Waals surface area contributed by atoms with Gasteiger partial charge in [-0.15, -0.1) is 0 Å². The average molecular weight is 507 g/mol. The third-order valence-corrected chi connectivity index (χ3v) is 9.33. The maximum Gasteiger partial charge on any atom is 0.0607 e. The lowest BCUT2D eigenvalue weighted by atomic mass is 9.75. The SMILES string of the molecule is CN1C2=CC=C3C=CC=CC3C2c2cccc(-c3ccc4c(c3)N(c3ccccc3)c3ccccc3S4)c21. The molecule has 0 aromatic heterocycles. The van der Waals surface area contributed by atoms with Crippen LogP contribution in [0, 0.1) is 5.92 Å². The molecule has 2 heterocycles. The first-order chi connectivity index (χ1) is 18.8. The maximum atomic E-state index is 2.42. The first-order valence-corrected chi connectivity index (χ1v) is 14.0. The molecule has 38 heavy (non-hydrogen) atoms. The molecule has 3 heteroatoms. The number of anilines is 4. The highest BCUT2D eigenvalue weighted by molar-refractivity contribution is 7.99. The lowest BCUT2D eigenvalue weighted by Crippen LogP contribution is -2.21. The maximum absolute atomic E-state index is 2.42. The van der Waals surface area contributed by atoms with Crippen LogP contribution >= 0.6 is 11.8 Å². The molecule has 0 bridgehead atoms. The van der Waals surface area contributed by atoms with Crippen LogP contribution in [-0.4, -0.2) is 7.05 Å². The van der Waals surface area contributed by atoms with Crippen molar-refractivity contribution in [3.05, 3.63) is 144 Å². The van der Waals surface area contributed by atoms with E-state index in [-0.39, 0.29) is 0 Å². The molecular weight excluding hydrogens is 480 g/mol. The molecule has 0 saturated carbocycles. The van der Waals surface area contributed by atoms with Crippen LogP contribution in [0.4, 0.5) is 22.7 Å². The van der Waals surface area contributed by atoms with Crippen LogP contribution in [0.25, 0.3) is 11.1 Å². The van der Waals surface area contributed by atoms with Crippen molar-refractivity contribution in [3.63, 3.8) is 0 Å². The van der Waals surface area contributed by atoms with E-state index < -0.39 is 0 Å². The van der Waals surface area contributed by atoms with E-state index in [0.29, 0.717) is 11.8 Å². The number of likely N-dealkylation sites (N-methyl/N-ethyl adjacent to an activating group) is 1. The summed E-state index contributed by atoms with van der Waals surface area (Å²) in [4.78, 5) is 7.40. The van der Waals surface area contributed by atoms with Gasteiger partial charge in [0.25, 0.3) is 0 Å². The summed E-state index contributed by atoms with van der Waals surface area (Å²) < 4.78 is 0. The molecule has 2 aliphatic carbocycles. The van der Waals surface area contributed by atoms with Crippen LogP contribution in [0.2, 0.25) is 0 Å². The van der Waals surface area contributed by atoms with Gasteiger partial charge in [-0.05, 0) is 59.2 Å². The fourth-order valence-electron chi connectivity index (χ4n) is 6.51. The molecule has 2 nitrogen and oxygen atoms in total. The molecule has 0 N–H and O–H groups in total. The van der Waals surface area contributed by atoms with E-state index in [1.807, 2.05) is 11.8 Å². The van der Waals surface area contributed by atoms with Crippen molar-refractivity contribution in [1.29, 1.82) is 0 Å². The summed E-state index contributed by atoms with van der Waals surface area (Å²) in [5.41, 5.74) is 11.7. The molecule has 4 aliphatic rings. The number of para-hydroxylation sites is 3. The summed E-state index contributed by atoms with van der Waals surface area (Å²) in [6, 6.07) is 33.3. The number of hydrogen-bond donors (Lipinski definition) is 0. The Hall–Kier alpha value is -4.21. The van der Waals surface area contributed by atoms with Gasteiger partial charge in [-0.1, -0.05) is 96.7 Å². The highest BCUT2D eigenvalue weighted by atomic mass is 32.2. The molecule has 2 unspecified atom stereocenters. The zero-order valence-corrected chi connectivity index (χ0v) is 21.9. The number of benzene rings is 4. The van der Waals surface area contributed by atoms with Gasteiger partial charge in [-0.3, -0.25) is 0 Å². The standard InChI is InChI=1S/C35H26N2S/c1-36-30-20-18-23-10-5-6-13-26(23)34(30)28-15-9-14-27(35(28)36)24-19-21-33-31(22-24)37(25-11-3-2-4-12-25)29-16-7-8-17-32(29)38-33/h2-22,26,34H,1H3. The number of nitrogens with zero attached hydrogens (tertiary/aromatic N) is 2. The van der Waals surface area contributed by atoms with Gasteiger partial charge in [0.1, 0.15) is 0 Å². The van der Waals surface area contributed by atoms with Crippen molar-refractivity contribution in [1.82, 2.24) is 0 Å². The fourth-order valence-corrected chi connectivity index (χ4v) is 7.55. The van der Waals surface area contributed by atoms with E-state index in [9.17, 15) is 0 Å². The van der Waals surface area contributed by atoms with Crippen LogP contribution < -0.4 is 9.80 Å². The molecule has 2 aliphatic heterocycles. The third kappa shape index (κ3) is 3.15. The van der Waals surface area contributed by atoms with Gasteiger partial charge in [-0.25, -0.2) is 0 Å². The zero-order valence-electron chi connectivity index (χ0n) is 21.1. The molecule has 0 spiro atoms. The Bertz CT molecular complexity index is 1730. The summed E-state index contributed by atoms with van der Waals surface area (Å²) in [5.74, 6) is 0.751. The quantitative estimate of drug-likeness (QED) is 0.235. The lowest BCUT2D eigenvalue weighted by molar-refractivity contribution is 0.648. The summed E-state index contributed by atoms with van der Waals surface area (Å²) in [6.07, 6.45) is 13.6. The second-order valence-corrected chi connectivity index (χ2v) is 11.3. The molecule has 4 aromatic rings. The minimum absolute atomic E-state index is 0.358. The largest absolute Gasteiger partial charge is 0.347 e. The molecule has 0 radical (unpaired) electrons. The molecule has 0 saturated heterocycles. The first-order valence-electron chi connectivity index (χ1n) is 13.2. The second-order valence-electron chi connectivity index (χ2n) is 10.2. The van der Waals surface area contributed by atoms with Crippen molar-refractivity contribution in [2.24, 2.45) is 5.92 Å². The van der Waals surface area contributed by atoms with Crippen LogP contribution in [-0.2, 0) is 0 Å². The normalized spacial score (nSPS) is 20.1. The van der Waals surface area contributed by atoms with Crippen molar-refractivity contribution in [2.75, 3.05) is 16.8 Å². The molecular formula is C35H26N2S. The van der Waals surface area contributed by atoms with E-state index >= 15 is 0 Å². The van der Waals surface area contributed by atoms with Crippen LogP contribution in [0.3, 0.4) is 0 Å².